The Balaban J connectivity index is 1.77. The van der Waals surface area contributed by atoms with Crippen molar-refractivity contribution in [1.82, 2.24) is 5.32 Å². The fourth-order valence-corrected chi connectivity index (χ4v) is 4.06. The molecular formula is C22H21ClN2O4S. The van der Waals surface area contributed by atoms with Gasteiger partial charge in [0, 0.05) is 12.2 Å². The first-order chi connectivity index (χ1) is 14.3. The van der Waals surface area contributed by atoms with E-state index in [-0.39, 0.29) is 21.2 Å². The molecule has 8 heteroatoms. The predicted octanol–water partition coefficient (Wildman–Crippen LogP) is 4.39. The quantitative estimate of drug-likeness (QED) is 0.566. The van der Waals surface area contributed by atoms with Crippen molar-refractivity contribution in [2.45, 2.75) is 18.4 Å². The summed E-state index contributed by atoms with van der Waals surface area (Å²) in [6.45, 7) is 2.30. The summed E-state index contributed by atoms with van der Waals surface area (Å²) in [6, 6.07) is 18.1. The lowest BCUT2D eigenvalue weighted by atomic mass is 10.1. The summed E-state index contributed by atoms with van der Waals surface area (Å²) in [5.41, 5.74) is 2.46. The molecule has 0 spiro atoms. The zero-order chi connectivity index (χ0) is 21.7. The number of halogens is 1. The van der Waals surface area contributed by atoms with E-state index in [0.29, 0.717) is 12.3 Å². The molecule has 0 unspecified atom stereocenters. The van der Waals surface area contributed by atoms with E-state index in [2.05, 4.69) is 10.0 Å². The number of benzene rings is 3. The zero-order valence-corrected chi connectivity index (χ0v) is 18.0. The van der Waals surface area contributed by atoms with Gasteiger partial charge in [0.05, 0.1) is 22.6 Å². The molecule has 0 aliphatic heterocycles. The van der Waals surface area contributed by atoms with Crippen LogP contribution in [0.1, 0.15) is 21.5 Å². The maximum atomic E-state index is 12.6. The summed E-state index contributed by atoms with van der Waals surface area (Å²) in [5.74, 6) is 0.154. The number of amides is 1. The third-order valence-electron chi connectivity index (χ3n) is 4.53. The number of carbonyl (C=O) groups is 1. The minimum atomic E-state index is -3.83. The fourth-order valence-electron chi connectivity index (χ4n) is 2.81. The number of carbonyl (C=O) groups excluding carboxylic acids is 1. The molecule has 0 aliphatic carbocycles. The number of nitrogens with one attached hydrogen (secondary N) is 2. The number of ether oxygens (including phenoxy) is 1. The van der Waals surface area contributed by atoms with Crippen LogP contribution >= 0.6 is 11.6 Å². The van der Waals surface area contributed by atoms with Gasteiger partial charge < -0.3 is 10.1 Å². The lowest BCUT2D eigenvalue weighted by Crippen LogP contribution is -2.24. The number of methoxy groups -OCH3 is 1. The standard InChI is InChI=1S/C22H21ClN2O4S/c1-15-5-3-4-6-16(15)14-24-22(26)20-13-17(7-12-21(20)23)25-30(27,28)19-10-8-18(29-2)9-11-19/h3-13,25H,14H2,1-2H3,(H,24,26). The Bertz CT molecular complexity index is 1160. The van der Waals surface area contributed by atoms with E-state index in [9.17, 15) is 13.2 Å². The van der Waals surface area contributed by atoms with Crippen LogP contribution in [0.4, 0.5) is 5.69 Å². The van der Waals surface area contributed by atoms with Crippen LogP contribution in [-0.2, 0) is 16.6 Å². The number of hydrogen-bond donors (Lipinski definition) is 2. The maximum Gasteiger partial charge on any atom is 0.261 e. The van der Waals surface area contributed by atoms with Crippen molar-refractivity contribution < 1.29 is 17.9 Å². The molecule has 30 heavy (non-hydrogen) atoms. The van der Waals surface area contributed by atoms with Crippen LogP contribution in [0.3, 0.4) is 0 Å². The highest BCUT2D eigenvalue weighted by Crippen LogP contribution is 2.24. The van der Waals surface area contributed by atoms with Crippen molar-refractivity contribution in [2.24, 2.45) is 0 Å². The molecule has 6 nitrogen and oxygen atoms in total. The van der Waals surface area contributed by atoms with E-state index in [1.54, 1.807) is 12.1 Å². The maximum absolute atomic E-state index is 12.6. The molecule has 0 fully saturated rings. The molecule has 0 aromatic heterocycles. The third-order valence-corrected chi connectivity index (χ3v) is 6.26. The number of sulfonamides is 1. The molecule has 0 bridgehead atoms. The molecule has 0 saturated heterocycles. The smallest absolute Gasteiger partial charge is 0.261 e. The van der Waals surface area contributed by atoms with Gasteiger partial charge in [-0.05, 0) is 60.5 Å². The van der Waals surface area contributed by atoms with Crippen LogP contribution in [0.15, 0.2) is 71.6 Å². The topological polar surface area (TPSA) is 84.5 Å². The first-order valence-electron chi connectivity index (χ1n) is 9.09. The molecule has 3 aromatic rings. The first kappa shape index (κ1) is 21.7. The Labute approximate surface area is 180 Å². The van der Waals surface area contributed by atoms with E-state index >= 15 is 0 Å². The summed E-state index contributed by atoms with van der Waals surface area (Å²) in [7, 11) is -2.33. The number of anilines is 1. The van der Waals surface area contributed by atoms with Crippen molar-refractivity contribution in [2.75, 3.05) is 11.8 Å². The summed E-state index contributed by atoms with van der Waals surface area (Å²) < 4.78 is 32.8. The largest absolute Gasteiger partial charge is 0.497 e. The average Bonchev–Trinajstić information content (AvgIpc) is 2.74. The molecule has 2 N–H and O–H groups in total. The Kier molecular flexibility index (Phi) is 6.64. The molecule has 0 atom stereocenters. The molecule has 0 saturated carbocycles. The molecule has 156 valence electrons. The second kappa shape index (κ2) is 9.19. The van der Waals surface area contributed by atoms with Crippen LogP contribution in [-0.4, -0.2) is 21.4 Å². The average molecular weight is 445 g/mol. The first-order valence-corrected chi connectivity index (χ1v) is 11.0. The molecule has 0 aliphatic rings. The minimum Gasteiger partial charge on any atom is -0.497 e. The van der Waals surface area contributed by atoms with E-state index in [0.717, 1.165) is 11.1 Å². The molecular weight excluding hydrogens is 424 g/mol. The van der Waals surface area contributed by atoms with E-state index < -0.39 is 15.9 Å². The van der Waals surface area contributed by atoms with Crippen molar-refractivity contribution in [3.8, 4) is 5.75 Å². The third kappa shape index (κ3) is 5.11. The van der Waals surface area contributed by atoms with Crippen LogP contribution < -0.4 is 14.8 Å². The summed E-state index contributed by atoms with van der Waals surface area (Å²) in [4.78, 5) is 12.7. The molecule has 3 rings (SSSR count). The molecule has 0 radical (unpaired) electrons. The van der Waals surface area contributed by atoms with Gasteiger partial charge >= 0.3 is 0 Å². The van der Waals surface area contributed by atoms with Crippen molar-refractivity contribution in [3.05, 3.63) is 88.4 Å². The van der Waals surface area contributed by atoms with Crippen LogP contribution in [0.2, 0.25) is 5.02 Å². The normalized spacial score (nSPS) is 11.0. The summed E-state index contributed by atoms with van der Waals surface area (Å²) in [6.07, 6.45) is 0. The molecule has 3 aromatic carbocycles. The Hall–Kier alpha value is -3.03. The van der Waals surface area contributed by atoms with Gasteiger partial charge in [0.25, 0.3) is 15.9 Å². The van der Waals surface area contributed by atoms with Crippen LogP contribution in [0, 0.1) is 6.92 Å². The van der Waals surface area contributed by atoms with Crippen molar-refractivity contribution in [1.29, 1.82) is 0 Å². The molecule has 0 heterocycles. The SMILES string of the molecule is COc1ccc(S(=O)(=O)Nc2ccc(Cl)c(C(=O)NCc3ccccc3C)c2)cc1. The molecule has 1 amide bonds. The van der Waals surface area contributed by atoms with E-state index in [1.165, 1.54) is 37.4 Å². The summed E-state index contributed by atoms with van der Waals surface area (Å²) in [5, 5.41) is 3.04. The Morgan fingerprint density at radius 2 is 1.73 bits per heavy atom. The highest BCUT2D eigenvalue weighted by Gasteiger charge is 2.17. The van der Waals surface area contributed by atoms with Gasteiger partial charge in [0.15, 0.2) is 0 Å². The second-order valence-electron chi connectivity index (χ2n) is 6.58. The minimum absolute atomic E-state index is 0.0730. The lowest BCUT2D eigenvalue weighted by molar-refractivity contribution is 0.0951. The van der Waals surface area contributed by atoms with Gasteiger partial charge in [-0.15, -0.1) is 0 Å². The van der Waals surface area contributed by atoms with Gasteiger partial charge in [-0.2, -0.15) is 0 Å². The Morgan fingerprint density at radius 1 is 1.03 bits per heavy atom. The number of rotatable bonds is 7. The van der Waals surface area contributed by atoms with Gasteiger partial charge in [-0.3, -0.25) is 9.52 Å². The van der Waals surface area contributed by atoms with Gasteiger partial charge in [-0.25, -0.2) is 8.42 Å². The van der Waals surface area contributed by atoms with Crippen LogP contribution in [0.25, 0.3) is 0 Å². The van der Waals surface area contributed by atoms with Gasteiger partial charge in [0.2, 0.25) is 0 Å². The Morgan fingerprint density at radius 3 is 2.40 bits per heavy atom. The van der Waals surface area contributed by atoms with Gasteiger partial charge in [0.1, 0.15) is 5.75 Å². The van der Waals surface area contributed by atoms with Crippen LogP contribution in [0.5, 0.6) is 5.75 Å². The zero-order valence-electron chi connectivity index (χ0n) is 16.5. The predicted molar refractivity (Wildman–Crippen MR) is 118 cm³/mol. The van der Waals surface area contributed by atoms with E-state index in [4.69, 9.17) is 16.3 Å². The highest BCUT2D eigenvalue weighted by molar-refractivity contribution is 7.92. The second-order valence-corrected chi connectivity index (χ2v) is 8.67. The lowest BCUT2D eigenvalue weighted by Gasteiger charge is -2.12. The number of hydrogen-bond acceptors (Lipinski definition) is 4. The monoisotopic (exact) mass is 444 g/mol. The van der Waals surface area contributed by atoms with Gasteiger partial charge in [-0.1, -0.05) is 35.9 Å². The summed E-state index contributed by atoms with van der Waals surface area (Å²) >= 11 is 6.17. The highest BCUT2D eigenvalue weighted by atomic mass is 35.5. The fraction of sp³-hybridized carbons (Fsp3) is 0.136. The number of aryl methyl sites for hydroxylation is 1. The van der Waals surface area contributed by atoms with E-state index in [1.807, 2.05) is 31.2 Å². The van der Waals surface area contributed by atoms with Crippen molar-refractivity contribution >= 4 is 33.2 Å². The van der Waals surface area contributed by atoms with Crippen molar-refractivity contribution in [3.63, 3.8) is 0 Å².